The van der Waals surface area contributed by atoms with Crippen LogP contribution in [0, 0.1) is 5.92 Å². The lowest BCUT2D eigenvalue weighted by atomic mass is 9.85. The van der Waals surface area contributed by atoms with Gasteiger partial charge < -0.3 is 19.1 Å². The Morgan fingerprint density at radius 3 is 2.43 bits per heavy atom. The molecule has 1 amide bonds. The van der Waals surface area contributed by atoms with Crippen molar-refractivity contribution in [3.05, 3.63) is 23.3 Å². The maximum Gasteiger partial charge on any atom is 0.323 e. The monoisotopic (exact) mass is 416 g/mol. The molecule has 0 aromatic heterocycles. The van der Waals surface area contributed by atoms with Crippen molar-refractivity contribution in [2.24, 2.45) is 5.92 Å². The predicted octanol–water partition coefficient (Wildman–Crippen LogP) is 2.39. The largest absolute Gasteiger partial charge is 0.493 e. The molecule has 1 aliphatic carbocycles. The number of nitrogens with zero attached hydrogens (tertiary/aromatic N) is 2. The van der Waals surface area contributed by atoms with Gasteiger partial charge in [-0.2, -0.15) is 0 Å². The Morgan fingerprint density at radius 1 is 1.03 bits per heavy atom. The summed E-state index contributed by atoms with van der Waals surface area (Å²) in [5, 5.41) is 0. The van der Waals surface area contributed by atoms with Gasteiger partial charge in [0.1, 0.15) is 6.04 Å². The molecule has 1 aromatic rings. The van der Waals surface area contributed by atoms with Gasteiger partial charge >= 0.3 is 5.97 Å². The highest BCUT2D eigenvalue weighted by molar-refractivity contribution is 5.81. The molecule has 7 nitrogen and oxygen atoms in total. The van der Waals surface area contributed by atoms with Crippen molar-refractivity contribution in [1.29, 1.82) is 0 Å². The average Bonchev–Trinajstić information content (AvgIpc) is 3.15. The Morgan fingerprint density at radius 2 is 1.73 bits per heavy atom. The molecular weight excluding hydrogens is 384 g/mol. The van der Waals surface area contributed by atoms with Gasteiger partial charge in [0.05, 0.1) is 27.9 Å². The molecule has 164 valence electrons. The van der Waals surface area contributed by atoms with Crippen LogP contribution in [0.4, 0.5) is 0 Å². The fourth-order valence-electron chi connectivity index (χ4n) is 5.50. The SMILES string of the molecule is COC(=O)C1CC2CCCCC2N1CC(=O)N1CCc2cc(OC)c(OC)cc2C1. The van der Waals surface area contributed by atoms with Gasteiger partial charge in [-0.3, -0.25) is 14.5 Å². The lowest BCUT2D eigenvalue weighted by Gasteiger charge is -2.35. The second-order valence-corrected chi connectivity index (χ2v) is 8.60. The van der Waals surface area contributed by atoms with Crippen LogP contribution in [-0.4, -0.2) is 68.2 Å². The van der Waals surface area contributed by atoms with E-state index in [1.165, 1.54) is 25.5 Å². The van der Waals surface area contributed by atoms with Crippen LogP contribution in [0.2, 0.25) is 0 Å². The van der Waals surface area contributed by atoms with Crippen LogP contribution in [0.5, 0.6) is 11.5 Å². The van der Waals surface area contributed by atoms with Crippen molar-refractivity contribution in [3.8, 4) is 11.5 Å². The fourth-order valence-corrected chi connectivity index (χ4v) is 5.50. The minimum absolute atomic E-state index is 0.0792. The third-order valence-corrected chi connectivity index (χ3v) is 7.08. The van der Waals surface area contributed by atoms with Crippen molar-refractivity contribution >= 4 is 11.9 Å². The van der Waals surface area contributed by atoms with Gasteiger partial charge in [-0.25, -0.2) is 0 Å². The van der Waals surface area contributed by atoms with Crippen LogP contribution in [0.3, 0.4) is 0 Å². The third-order valence-electron chi connectivity index (χ3n) is 7.08. The molecule has 2 fully saturated rings. The Hall–Kier alpha value is -2.28. The molecule has 30 heavy (non-hydrogen) atoms. The Labute approximate surface area is 178 Å². The molecule has 0 N–H and O–H groups in total. The van der Waals surface area contributed by atoms with Crippen molar-refractivity contribution < 1.29 is 23.8 Å². The smallest absolute Gasteiger partial charge is 0.323 e. The van der Waals surface area contributed by atoms with Crippen molar-refractivity contribution in [2.45, 2.75) is 57.2 Å². The first kappa shape index (κ1) is 21.0. The standard InChI is InChI=1S/C23H32N2O5/c1-28-20-11-15-8-9-24(13-17(15)12-21(20)29-2)22(26)14-25-18-7-5-4-6-16(18)10-19(25)23(27)30-3/h11-12,16,18-19H,4-10,13-14H2,1-3H3. The van der Waals surface area contributed by atoms with E-state index in [2.05, 4.69) is 4.90 Å². The highest BCUT2D eigenvalue weighted by Gasteiger charge is 2.46. The number of methoxy groups -OCH3 is 3. The molecule has 2 heterocycles. The van der Waals surface area contributed by atoms with Gasteiger partial charge in [0.2, 0.25) is 5.91 Å². The predicted molar refractivity (Wildman–Crippen MR) is 112 cm³/mol. The lowest BCUT2D eigenvalue weighted by molar-refractivity contribution is -0.147. The zero-order valence-corrected chi connectivity index (χ0v) is 18.2. The highest BCUT2D eigenvalue weighted by atomic mass is 16.5. The zero-order valence-electron chi connectivity index (χ0n) is 18.2. The molecule has 0 bridgehead atoms. The van der Waals surface area contributed by atoms with Gasteiger partial charge in [0, 0.05) is 19.1 Å². The maximum atomic E-state index is 13.2. The fraction of sp³-hybridized carbons (Fsp3) is 0.652. The number of esters is 1. The van der Waals surface area contributed by atoms with Gasteiger partial charge in [-0.05, 0) is 54.9 Å². The molecule has 4 rings (SSSR count). The molecule has 1 aromatic carbocycles. The van der Waals surface area contributed by atoms with Crippen molar-refractivity contribution in [3.63, 3.8) is 0 Å². The molecule has 7 heteroatoms. The van der Waals surface area contributed by atoms with E-state index < -0.39 is 0 Å². The van der Waals surface area contributed by atoms with Gasteiger partial charge in [0.15, 0.2) is 11.5 Å². The number of rotatable bonds is 5. The van der Waals surface area contributed by atoms with Gasteiger partial charge in [-0.1, -0.05) is 12.8 Å². The molecule has 3 aliphatic rings. The summed E-state index contributed by atoms with van der Waals surface area (Å²) in [6, 6.07) is 4.00. The number of fused-ring (bicyclic) bond motifs is 2. The zero-order chi connectivity index (χ0) is 21.3. The van der Waals surface area contributed by atoms with E-state index in [-0.39, 0.29) is 24.5 Å². The first-order valence-corrected chi connectivity index (χ1v) is 10.9. The summed E-state index contributed by atoms with van der Waals surface area (Å²) in [6.07, 6.45) is 6.18. The number of hydrogen-bond donors (Lipinski definition) is 0. The van der Waals surface area contributed by atoms with E-state index in [1.54, 1.807) is 14.2 Å². The van der Waals surface area contributed by atoms with Crippen molar-refractivity contribution in [1.82, 2.24) is 9.80 Å². The van der Waals surface area contributed by atoms with E-state index in [0.717, 1.165) is 37.0 Å². The van der Waals surface area contributed by atoms with Gasteiger partial charge in [-0.15, -0.1) is 0 Å². The molecule has 0 radical (unpaired) electrons. The van der Waals surface area contributed by atoms with Gasteiger partial charge in [0.25, 0.3) is 0 Å². The van der Waals surface area contributed by atoms with Crippen molar-refractivity contribution in [2.75, 3.05) is 34.4 Å². The summed E-state index contributed by atoms with van der Waals surface area (Å²) in [7, 11) is 4.69. The minimum Gasteiger partial charge on any atom is -0.493 e. The Kier molecular flexibility index (Phi) is 6.18. The van der Waals surface area contributed by atoms with E-state index in [0.29, 0.717) is 30.8 Å². The van der Waals surface area contributed by atoms with Crippen LogP contribution in [0.1, 0.15) is 43.2 Å². The second kappa shape index (κ2) is 8.84. The van der Waals surface area contributed by atoms with E-state index in [9.17, 15) is 9.59 Å². The number of hydrogen-bond acceptors (Lipinski definition) is 6. The molecule has 1 saturated heterocycles. The topological polar surface area (TPSA) is 68.3 Å². The number of ether oxygens (including phenoxy) is 3. The lowest BCUT2D eigenvalue weighted by Crippen LogP contribution is -2.49. The molecule has 1 saturated carbocycles. The molecule has 2 aliphatic heterocycles. The Bertz CT molecular complexity index is 811. The summed E-state index contributed by atoms with van der Waals surface area (Å²) in [5.74, 6) is 1.77. The first-order valence-electron chi connectivity index (χ1n) is 10.9. The number of likely N-dealkylation sites (tertiary alicyclic amines) is 1. The Balaban J connectivity index is 1.49. The van der Waals surface area contributed by atoms with Crippen LogP contribution in [0.25, 0.3) is 0 Å². The van der Waals surface area contributed by atoms with Crippen LogP contribution >= 0.6 is 0 Å². The number of amides is 1. The number of benzene rings is 1. The summed E-state index contributed by atoms with van der Waals surface area (Å²) in [5.41, 5.74) is 2.28. The number of carbonyl (C=O) groups excluding carboxylic acids is 2. The average molecular weight is 417 g/mol. The molecule has 3 unspecified atom stereocenters. The van der Waals surface area contributed by atoms with Crippen LogP contribution in [0.15, 0.2) is 12.1 Å². The van der Waals surface area contributed by atoms with E-state index in [4.69, 9.17) is 14.2 Å². The van der Waals surface area contributed by atoms with E-state index in [1.807, 2.05) is 17.0 Å². The van der Waals surface area contributed by atoms with Crippen LogP contribution in [-0.2, 0) is 27.3 Å². The highest BCUT2D eigenvalue weighted by Crippen LogP contribution is 2.40. The van der Waals surface area contributed by atoms with E-state index >= 15 is 0 Å². The van der Waals surface area contributed by atoms with Crippen LogP contribution < -0.4 is 9.47 Å². The molecule has 0 spiro atoms. The molecule has 3 atom stereocenters. The normalized spacial score (nSPS) is 26.0. The minimum atomic E-state index is -0.298. The number of carbonyl (C=O) groups is 2. The second-order valence-electron chi connectivity index (χ2n) is 8.60. The maximum absolute atomic E-state index is 13.2. The molecular formula is C23H32N2O5. The summed E-state index contributed by atoms with van der Waals surface area (Å²) < 4.78 is 15.9. The summed E-state index contributed by atoms with van der Waals surface area (Å²) in [4.78, 5) is 29.7. The summed E-state index contributed by atoms with van der Waals surface area (Å²) in [6.45, 7) is 1.51. The third kappa shape index (κ3) is 3.87. The quantitative estimate of drug-likeness (QED) is 0.687. The first-order chi connectivity index (χ1) is 14.5. The summed E-state index contributed by atoms with van der Waals surface area (Å²) >= 11 is 0.